The van der Waals surface area contributed by atoms with Gasteiger partial charge in [0.1, 0.15) is 11.6 Å². The maximum Gasteiger partial charge on any atom is 0.261 e. The zero-order chi connectivity index (χ0) is 17.0. The Hall–Kier alpha value is -2.28. The largest absolute Gasteiger partial charge is 0.494 e. The number of rotatable bonds is 6. The van der Waals surface area contributed by atoms with Gasteiger partial charge < -0.3 is 9.64 Å². The van der Waals surface area contributed by atoms with Crippen LogP contribution in [-0.2, 0) is 10.0 Å². The third-order valence-electron chi connectivity index (χ3n) is 3.13. The van der Waals surface area contributed by atoms with E-state index in [1.165, 1.54) is 24.3 Å². The molecular formula is C16H19FN2O3S. The molecule has 23 heavy (non-hydrogen) atoms. The minimum Gasteiger partial charge on any atom is -0.494 e. The van der Waals surface area contributed by atoms with Gasteiger partial charge in [-0.2, -0.15) is 0 Å². The molecule has 0 unspecified atom stereocenters. The highest BCUT2D eigenvalue weighted by molar-refractivity contribution is 7.92. The Balaban J connectivity index is 2.33. The third kappa shape index (κ3) is 4.13. The van der Waals surface area contributed by atoms with Gasteiger partial charge >= 0.3 is 0 Å². The van der Waals surface area contributed by atoms with Crippen LogP contribution in [0.2, 0.25) is 0 Å². The lowest BCUT2D eigenvalue weighted by Crippen LogP contribution is -2.17. The molecule has 0 amide bonds. The number of halogens is 1. The number of nitrogens with zero attached hydrogens (tertiary/aromatic N) is 1. The topological polar surface area (TPSA) is 58.6 Å². The Morgan fingerprint density at radius 2 is 1.78 bits per heavy atom. The van der Waals surface area contributed by atoms with E-state index in [1.807, 2.05) is 6.92 Å². The number of hydrogen-bond donors (Lipinski definition) is 1. The molecule has 0 bridgehead atoms. The molecule has 0 saturated carbocycles. The first-order chi connectivity index (χ1) is 10.8. The van der Waals surface area contributed by atoms with Gasteiger partial charge in [0.15, 0.2) is 0 Å². The van der Waals surface area contributed by atoms with E-state index in [9.17, 15) is 12.8 Å². The van der Waals surface area contributed by atoms with Gasteiger partial charge in [0.05, 0.1) is 22.9 Å². The molecule has 1 N–H and O–H groups in total. The zero-order valence-corrected chi connectivity index (χ0v) is 14.0. The number of anilines is 2. The van der Waals surface area contributed by atoms with Crippen LogP contribution in [-0.4, -0.2) is 29.1 Å². The van der Waals surface area contributed by atoms with Crippen molar-refractivity contribution >= 4 is 21.4 Å². The second kappa shape index (κ2) is 6.87. The normalized spacial score (nSPS) is 11.1. The van der Waals surface area contributed by atoms with E-state index in [2.05, 4.69) is 4.72 Å². The van der Waals surface area contributed by atoms with Crippen LogP contribution in [0.5, 0.6) is 5.75 Å². The Labute approximate surface area is 135 Å². The van der Waals surface area contributed by atoms with Crippen LogP contribution in [0.1, 0.15) is 6.92 Å². The molecule has 2 aromatic rings. The average molecular weight is 338 g/mol. The summed E-state index contributed by atoms with van der Waals surface area (Å²) in [6.07, 6.45) is 0. The molecule has 7 heteroatoms. The van der Waals surface area contributed by atoms with E-state index in [1.54, 1.807) is 31.1 Å². The Kier molecular flexibility index (Phi) is 5.10. The van der Waals surface area contributed by atoms with Crippen LogP contribution in [0.15, 0.2) is 47.4 Å². The number of sulfonamides is 1. The predicted octanol–water partition coefficient (Wildman–Crippen LogP) is 3.09. The van der Waals surface area contributed by atoms with E-state index >= 15 is 0 Å². The third-order valence-corrected chi connectivity index (χ3v) is 4.51. The van der Waals surface area contributed by atoms with Crippen LogP contribution in [0.4, 0.5) is 15.8 Å². The number of ether oxygens (including phenoxy) is 1. The van der Waals surface area contributed by atoms with Gasteiger partial charge in [-0.15, -0.1) is 0 Å². The first-order valence-electron chi connectivity index (χ1n) is 7.06. The standard InChI is InChI=1S/C16H19FN2O3S/c1-4-22-13-6-8-14(9-7-13)23(20,21)18-15-11-12(17)5-10-16(15)19(2)3/h5-11,18H,4H2,1-3H3. The first-order valence-corrected chi connectivity index (χ1v) is 8.54. The summed E-state index contributed by atoms with van der Waals surface area (Å²) in [5, 5.41) is 0. The summed E-state index contributed by atoms with van der Waals surface area (Å²) in [6.45, 7) is 2.35. The lowest BCUT2D eigenvalue weighted by molar-refractivity contribution is 0.340. The molecule has 2 aromatic carbocycles. The molecule has 0 saturated heterocycles. The van der Waals surface area contributed by atoms with Gasteiger partial charge in [-0.25, -0.2) is 12.8 Å². The van der Waals surface area contributed by atoms with Crippen molar-refractivity contribution in [3.8, 4) is 5.75 Å². The molecule has 5 nitrogen and oxygen atoms in total. The van der Waals surface area contributed by atoms with Crippen LogP contribution in [0, 0.1) is 5.82 Å². The van der Waals surface area contributed by atoms with Crippen LogP contribution in [0.25, 0.3) is 0 Å². The smallest absolute Gasteiger partial charge is 0.261 e. The highest BCUT2D eigenvalue weighted by Gasteiger charge is 2.17. The predicted molar refractivity (Wildman–Crippen MR) is 89.1 cm³/mol. The van der Waals surface area contributed by atoms with Crippen molar-refractivity contribution in [2.75, 3.05) is 30.3 Å². The van der Waals surface area contributed by atoms with E-state index in [0.717, 1.165) is 6.07 Å². The molecule has 2 rings (SSSR count). The van der Waals surface area contributed by atoms with Crippen molar-refractivity contribution in [2.45, 2.75) is 11.8 Å². The minimum atomic E-state index is -3.82. The van der Waals surface area contributed by atoms with Crippen molar-refractivity contribution in [3.05, 3.63) is 48.3 Å². The van der Waals surface area contributed by atoms with Crippen molar-refractivity contribution in [1.29, 1.82) is 0 Å². The molecular weight excluding hydrogens is 319 g/mol. The molecule has 0 aromatic heterocycles. The highest BCUT2D eigenvalue weighted by Crippen LogP contribution is 2.28. The molecule has 0 aliphatic heterocycles. The first kappa shape index (κ1) is 17.1. The summed E-state index contributed by atoms with van der Waals surface area (Å²) in [4.78, 5) is 1.78. The van der Waals surface area contributed by atoms with Gasteiger partial charge in [-0.1, -0.05) is 0 Å². The summed E-state index contributed by atoms with van der Waals surface area (Å²) in [6, 6.07) is 10.0. The van der Waals surface area contributed by atoms with Crippen molar-refractivity contribution in [3.63, 3.8) is 0 Å². The van der Waals surface area contributed by atoms with E-state index < -0.39 is 15.8 Å². The number of nitrogens with one attached hydrogen (secondary N) is 1. The molecule has 0 heterocycles. The van der Waals surface area contributed by atoms with Crippen molar-refractivity contribution < 1.29 is 17.5 Å². The van der Waals surface area contributed by atoms with Gasteiger partial charge in [-0.3, -0.25) is 4.72 Å². The maximum atomic E-state index is 13.5. The summed E-state index contributed by atoms with van der Waals surface area (Å²) in [5.41, 5.74) is 0.754. The van der Waals surface area contributed by atoms with E-state index in [0.29, 0.717) is 18.0 Å². The summed E-state index contributed by atoms with van der Waals surface area (Å²) < 4.78 is 46.1. The second-order valence-electron chi connectivity index (χ2n) is 5.07. The van der Waals surface area contributed by atoms with Crippen LogP contribution < -0.4 is 14.4 Å². The fourth-order valence-electron chi connectivity index (χ4n) is 2.07. The van der Waals surface area contributed by atoms with Crippen molar-refractivity contribution in [2.24, 2.45) is 0 Å². The van der Waals surface area contributed by atoms with Gasteiger partial charge in [-0.05, 0) is 43.3 Å². The zero-order valence-electron chi connectivity index (χ0n) is 13.2. The van der Waals surface area contributed by atoms with E-state index in [-0.39, 0.29) is 10.6 Å². The Morgan fingerprint density at radius 1 is 1.13 bits per heavy atom. The molecule has 0 fully saturated rings. The molecule has 124 valence electrons. The fraction of sp³-hybridized carbons (Fsp3) is 0.250. The van der Waals surface area contributed by atoms with Crippen molar-refractivity contribution in [1.82, 2.24) is 0 Å². The minimum absolute atomic E-state index is 0.0786. The Morgan fingerprint density at radius 3 is 2.35 bits per heavy atom. The lowest BCUT2D eigenvalue weighted by atomic mass is 10.2. The highest BCUT2D eigenvalue weighted by atomic mass is 32.2. The van der Waals surface area contributed by atoms with E-state index in [4.69, 9.17) is 4.74 Å². The monoisotopic (exact) mass is 338 g/mol. The van der Waals surface area contributed by atoms with Gasteiger partial charge in [0.25, 0.3) is 10.0 Å². The summed E-state index contributed by atoms with van der Waals surface area (Å²) in [7, 11) is -0.313. The lowest BCUT2D eigenvalue weighted by Gasteiger charge is -2.18. The SMILES string of the molecule is CCOc1ccc(S(=O)(=O)Nc2cc(F)ccc2N(C)C)cc1. The molecule has 0 spiro atoms. The summed E-state index contributed by atoms with van der Waals surface area (Å²) in [5.74, 6) is 0.0752. The number of hydrogen-bond acceptors (Lipinski definition) is 4. The number of benzene rings is 2. The summed E-state index contributed by atoms with van der Waals surface area (Å²) >= 11 is 0. The Bertz CT molecular complexity index is 774. The molecule has 0 aliphatic rings. The fourth-order valence-corrected chi connectivity index (χ4v) is 3.13. The maximum absolute atomic E-state index is 13.5. The van der Waals surface area contributed by atoms with Crippen LogP contribution >= 0.6 is 0 Å². The van der Waals surface area contributed by atoms with Gasteiger partial charge in [0, 0.05) is 20.2 Å². The second-order valence-corrected chi connectivity index (χ2v) is 6.75. The average Bonchev–Trinajstić information content (AvgIpc) is 2.47. The molecule has 0 aliphatic carbocycles. The molecule has 0 atom stereocenters. The molecule has 0 radical (unpaired) electrons. The quantitative estimate of drug-likeness (QED) is 0.879. The van der Waals surface area contributed by atoms with Gasteiger partial charge in [0.2, 0.25) is 0 Å². The van der Waals surface area contributed by atoms with Crippen LogP contribution in [0.3, 0.4) is 0 Å².